The van der Waals surface area contributed by atoms with E-state index < -0.39 is 19.2 Å². The summed E-state index contributed by atoms with van der Waals surface area (Å²) in [5.74, 6) is -0.627. The van der Waals surface area contributed by atoms with Gasteiger partial charge in [-0.05, 0) is 46.3 Å². The van der Waals surface area contributed by atoms with Gasteiger partial charge in [0, 0.05) is 11.9 Å². The fourth-order valence-corrected chi connectivity index (χ4v) is 3.68. The van der Waals surface area contributed by atoms with Gasteiger partial charge in [0.2, 0.25) is 0 Å². The third kappa shape index (κ3) is 2.29. The first-order valence-corrected chi connectivity index (χ1v) is 7.82. The molecule has 0 unspecified atom stereocenters. The van der Waals surface area contributed by atoms with Crippen LogP contribution in [0.25, 0.3) is 0 Å². The Bertz CT molecular complexity index is 744. The molecule has 0 aromatic heterocycles. The van der Waals surface area contributed by atoms with Gasteiger partial charge in [-0.3, -0.25) is 0 Å². The van der Waals surface area contributed by atoms with Crippen LogP contribution < -0.4 is 22.4 Å². The molecule has 0 atom stereocenters. The number of rotatable bonds is 3. The Morgan fingerprint density at radius 3 is 1.79 bits per heavy atom. The first-order chi connectivity index (χ1) is 11.5. The van der Waals surface area contributed by atoms with Crippen molar-refractivity contribution >= 4 is 24.8 Å². The highest BCUT2D eigenvalue weighted by Crippen LogP contribution is 2.25. The maximum Gasteiger partial charge on any atom is 0.344 e. The lowest BCUT2D eigenvalue weighted by molar-refractivity contribution is 0.296. The Morgan fingerprint density at radius 2 is 1.38 bits per heavy atom. The second kappa shape index (κ2) is 5.67. The van der Waals surface area contributed by atoms with Crippen LogP contribution in [-0.2, 0) is 22.5 Å². The zero-order valence-corrected chi connectivity index (χ0v) is 13.0. The van der Waals surface area contributed by atoms with E-state index in [0.29, 0.717) is 0 Å². The molecule has 0 saturated carbocycles. The van der Waals surface area contributed by atoms with Gasteiger partial charge < -0.3 is 20.8 Å². The molecule has 8 heteroatoms. The lowest BCUT2D eigenvalue weighted by Gasteiger charge is -2.34. The predicted octanol–water partition coefficient (Wildman–Crippen LogP) is -0.143. The molecule has 2 heterocycles. The minimum atomic E-state index is -1.04. The molecule has 0 radical (unpaired) electrons. The van der Waals surface area contributed by atoms with Gasteiger partial charge in [0.1, 0.15) is 11.6 Å². The summed E-state index contributed by atoms with van der Waals surface area (Å²) in [6, 6.07) is 9.03. The highest BCUT2D eigenvalue weighted by molar-refractivity contribution is 6.90. The maximum absolute atomic E-state index is 13.4. The van der Waals surface area contributed by atoms with Crippen molar-refractivity contribution in [2.24, 2.45) is 11.5 Å². The summed E-state index contributed by atoms with van der Waals surface area (Å²) < 4.78 is 38.6. The summed E-state index contributed by atoms with van der Waals surface area (Å²) in [7, 11) is 0. The zero-order chi connectivity index (χ0) is 16.9. The zero-order valence-electron chi connectivity index (χ0n) is 13.0. The van der Waals surface area contributed by atoms with Crippen molar-refractivity contribution in [2.75, 3.05) is 6.54 Å². The monoisotopic (exact) mass is 328 g/mol. The van der Waals surface area contributed by atoms with Gasteiger partial charge in [-0.2, -0.15) is 0 Å². The molecule has 0 fully saturated rings. The number of hydrogen-bond donors (Lipinski definition) is 2. The number of nitrogens with two attached hydrogens (primary N) is 2. The third-order valence-electron chi connectivity index (χ3n) is 4.92. The highest BCUT2D eigenvalue weighted by Gasteiger charge is 2.55. The minimum absolute atomic E-state index is 0.107. The Morgan fingerprint density at radius 1 is 0.917 bits per heavy atom. The summed E-state index contributed by atoms with van der Waals surface area (Å²) in [5.41, 5.74) is 15.8. The van der Waals surface area contributed by atoms with Crippen molar-refractivity contribution in [3.8, 4) is 0 Å². The van der Waals surface area contributed by atoms with E-state index in [1.807, 2.05) is 0 Å². The Kier molecular flexibility index (Phi) is 3.73. The molecule has 0 spiro atoms. The van der Waals surface area contributed by atoms with Gasteiger partial charge in [0.25, 0.3) is 0 Å². The first kappa shape index (κ1) is 15.8. The Labute approximate surface area is 139 Å². The lowest BCUT2D eigenvalue weighted by Crippen LogP contribution is -2.74. The second-order valence-corrected chi connectivity index (χ2v) is 6.38. The molecular weight excluding hydrogens is 312 g/mol. The van der Waals surface area contributed by atoms with E-state index in [2.05, 4.69) is 0 Å². The van der Waals surface area contributed by atoms with Crippen molar-refractivity contribution in [1.29, 1.82) is 0 Å². The highest BCUT2D eigenvalue weighted by atomic mass is 19.1. The number of fused-ring (bicyclic) bond motifs is 2. The summed E-state index contributed by atoms with van der Waals surface area (Å²) in [6.07, 6.45) is 0. The van der Waals surface area contributed by atoms with Crippen LogP contribution in [0.1, 0.15) is 11.1 Å². The summed E-state index contributed by atoms with van der Waals surface area (Å²) in [4.78, 5) is 0. The number of benzene rings is 2. The molecule has 122 valence electrons. The van der Waals surface area contributed by atoms with E-state index in [9.17, 15) is 8.78 Å². The van der Waals surface area contributed by atoms with Crippen molar-refractivity contribution in [1.82, 2.24) is 0 Å². The van der Waals surface area contributed by atoms with Crippen LogP contribution in [0.15, 0.2) is 36.4 Å². The lowest BCUT2D eigenvalue weighted by atomic mass is 9.27. The summed E-state index contributed by atoms with van der Waals surface area (Å²) >= 11 is 0. The van der Waals surface area contributed by atoms with Gasteiger partial charge in [-0.25, -0.2) is 8.78 Å². The average Bonchev–Trinajstić information content (AvgIpc) is 3.17. The standard InChI is InChI=1S/C16H16B2F2N2O2/c19-12-1-3-14-10(5-12)7-23-17(14)16(22,9-21)18-15-4-2-13(20)6-11(15)8-24-18/h1-6H,7-9,21-22H2. The molecule has 2 aliphatic heterocycles. The van der Waals surface area contributed by atoms with Gasteiger partial charge in [0.15, 0.2) is 0 Å². The smallest absolute Gasteiger partial charge is 0.344 e. The van der Waals surface area contributed by atoms with Gasteiger partial charge >= 0.3 is 13.8 Å². The number of halogens is 2. The maximum atomic E-state index is 13.4. The van der Waals surface area contributed by atoms with Gasteiger partial charge in [-0.1, -0.05) is 12.1 Å². The van der Waals surface area contributed by atoms with Crippen LogP contribution in [0.3, 0.4) is 0 Å². The molecule has 4 N–H and O–H groups in total. The summed E-state index contributed by atoms with van der Waals surface area (Å²) in [6.45, 7) is -0.367. The van der Waals surface area contributed by atoms with Crippen LogP contribution in [0.2, 0.25) is 0 Å². The van der Waals surface area contributed by atoms with Crippen LogP contribution >= 0.6 is 0 Å². The first-order valence-electron chi connectivity index (χ1n) is 7.82. The largest absolute Gasteiger partial charge is 0.426 e. The topological polar surface area (TPSA) is 70.5 Å². The van der Waals surface area contributed by atoms with Crippen molar-refractivity contribution in [2.45, 2.75) is 18.6 Å². The molecule has 0 saturated heterocycles. The predicted molar refractivity (Wildman–Crippen MR) is 89.1 cm³/mol. The number of hydrogen-bond acceptors (Lipinski definition) is 4. The molecule has 24 heavy (non-hydrogen) atoms. The van der Waals surface area contributed by atoms with E-state index in [4.69, 9.17) is 20.8 Å². The van der Waals surface area contributed by atoms with Crippen LogP contribution in [0, 0.1) is 11.6 Å². The Hall–Kier alpha value is -1.73. The van der Waals surface area contributed by atoms with Crippen LogP contribution in [-0.4, -0.2) is 25.7 Å². The molecule has 4 nitrogen and oxygen atoms in total. The second-order valence-electron chi connectivity index (χ2n) is 6.38. The SMILES string of the molecule is NCC(N)(B1OCc2cc(F)ccc21)B1OCc2cc(F)ccc21. The van der Waals surface area contributed by atoms with E-state index >= 15 is 0 Å². The Balaban J connectivity index is 1.75. The van der Waals surface area contributed by atoms with Gasteiger partial charge in [0.05, 0.1) is 13.2 Å². The van der Waals surface area contributed by atoms with Crippen molar-refractivity contribution in [3.63, 3.8) is 0 Å². The average molecular weight is 328 g/mol. The minimum Gasteiger partial charge on any atom is -0.426 e. The molecular formula is C16H16B2F2N2O2. The molecule has 0 bridgehead atoms. The molecule has 0 amide bonds. The fourth-order valence-electron chi connectivity index (χ4n) is 3.68. The van der Waals surface area contributed by atoms with Crippen molar-refractivity contribution in [3.05, 3.63) is 59.2 Å². The van der Waals surface area contributed by atoms with E-state index in [-0.39, 0.29) is 31.4 Å². The molecule has 4 rings (SSSR count). The summed E-state index contributed by atoms with van der Waals surface area (Å²) in [5, 5.41) is -1.04. The molecule has 0 aliphatic carbocycles. The third-order valence-corrected chi connectivity index (χ3v) is 4.92. The normalized spacial score (nSPS) is 16.5. The molecule has 2 aliphatic rings. The molecule has 2 aromatic rings. The molecule has 2 aromatic carbocycles. The van der Waals surface area contributed by atoms with Crippen molar-refractivity contribution < 1.29 is 18.1 Å². The van der Waals surface area contributed by atoms with E-state index in [1.165, 1.54) is 24.3 Å². The fraction of sp³-hybridized carbons (Fsp3) is 0.250. The van der Waals surface area contributed by atoms with Gasteiger partial charge in [-0.15, -0.1) is 0 Å². The van der Waals surface area contributed by atoms with E-state index in [1.54, 1.807) is 12.1 Å². The van der Waals surface area contributed by atoms with Crippen LogP contribution in [0.4, 0.5) is 8.78 Å². The van der Waals surface area contributed by atoms with E-state index in [0.717, 1.165) is 22.1 Å². The van der Waals surface area contributed by atoms with Crippen LogP contribution in [0.5, 0.6) is 0 Å². The quantitative estimate of drug-likeness (QED) is 0.770.